The zero-order chi connectivity index (χ0) is 17.1. The van der Waals surface area contributed by atoms with Gasteiger partial charge in [-0.25, -0.2) is 9.37 Å². The Hall–Kier alpha value is -2.24. The van der Waals surface area contributed by atoms with Gasteiger partial charge < -0.3 is 4.74 Å². The van der Waals surface area contributed by atoms with Gasteiger partial charge in [0.1, 0.15) is 23.2 Å². The third kappa shape index (κ3) is 3.63. The largest absolute Gasteiger partial charge is 0.487 e. The number of ether oxygens (including phenoxy) is 1. The standard InChI is InChI=1S/C18H13ClFNO2S/c1-11(22)14-7-6-13(8-17(14)20)23-9-12-10-24-18(21-12)15-4-2-3-5-16(15)19/h2-8,10H,9H2,1H3. The maximum atomic E-state index is 13.8. The Balaban J connectivity index is 1.71. The molecule has 3 aromatic rings. The quantitative estimate of drug-likeness (QED) is 0.572. The summed E-state index contributed by atoms with van der Waals surface area (Å²) in [6, 6.07) is 11.7. The number of thiazole rings is 1. The van der Waals surface area contributed by atoms with Crippen LogP contribution in [0.3, 0.4) is 0 Å². The predicted octanol–water partition coefficient (Wildman–Crippen LogP) is 5.38. The first-order valence-corrected chi connectivity index (χ1v) is 8.43. The van der Waals surface area contributed by atoms with E-state index in [0.29, 0.717) is 10.8 Å². The van der Waals surface area contributed by atoms with E-state index in [4.69, 9.17) is 16.3 Å². The maximum Gasteiger partial charge on any atom is 0.162 e. The van der Waals surface area contributed by atoms with Gasteiger partial charge in [0.2, 0.25) is 0 Å². The molecule has 0 radical (unpaired) electrons. The summed E-state index contributed by atoms with van der Waals surface area (Å²) in [6.07, 6.45) is 0. The summed E-state index contributed by atoms with van der Waals surface area (Å²) in [5.74, 6) is -0.553. The van der Waals surface area contributed by atoms with Gasteiger partial charge in [0, 0.05) is 17.0 Å². The summed E-state index contributed by atoms with van der Waals surface area (Å²) in [5, 5.41) is 3.32. The van der Waals surface area contributed by atoms with Crippen molar-refractivity contribution in [1.82, 2.24) is 4.98 Å². The van der Waals surface area contributed by atoms with Crippen LogP contribution >= 0.6 is 22.9 Å². The Bertz CT molecular complexity index is 894. The van der Waals surface area contributed by atoms with Gasteiger partial charge in [0.25, 0.3) is 0 Å². The summed E-state index contributed by atoms with van der Waals surface area (Å²) in [6.45, 7) is 1.53. The van der Waals surface area contributed by atoms with Crippen molar-refractivity contribution in [2.24, 2.45) is 0 Å². The van der Waals surface area contributed by atoms with Crippen LogP contribution in [0.4, 0.5) is 4.39 Å². The lowest BCUT2D eigenvalue weighted by atomic mass is 10.1. The lowest BCUT2D eigenvalue weighted by molar-refractivity contribution is 0.101. The minimum atomic E-state index is -0.588. The first-order chi connectivity index (χ1) is 11.5. The molecule has 122 valence electrons. The molecule has 2 aromatic carbocycles. The molecule has 0 N–H and O–H groups in total. The average Bonchev–Trinajstić information content (AvgIpc) is 3.02. The van der Waals surface area contributed by atoms with Gasteiger partial charge in [-0.2, -0.15) is 0 Å². The number of benzene rings is 2. The van der Waals surface area contributed by atoms with Crippen molar-refractivity contribution in [3.63, 3.8) is 0 Å². The molecule has 6 heteroatoms. The molecule has 24 heavy (non-hydrogen) atoms. The molecular formula is C18H13ClFNO2S. The maximum absolute atomic E-state index is 13.8. The van der Waals surface area contributed by atoms with Gasteiger partial charge >= 0.3 is 0 Å². The molecule has 0 atom stereocenters. The van der Waals surface area contributed by atoms with E-state index in [1.54, 1.807) is 6.07 Å². The first-order valence-electron chi connectivity index (χ1n) is 7.17. The zero-order valence-electron chi connectivity index (χ0n) is 12.8. The highest BCUT2D eigenvalue weighted by atomic mass is 35.5. The Kier molecular flexibility index (Phi) is 4.92. The van der Waals surface area contributed by atoms with Crippen LogP contribution in [-0.4, -0.2) is 10.8 Å². The van der Waals surface area contributed by atoms with Crippen molar-refractivity contribution >= 4 is 28.7 Å². The van der Waals surface area contributed by atoms with Crippen LogP contribution in [0.2, 0.25) is 5.02 Å². The topological polar surface area (TPSA) is 39.2 Å². The molecule has 0 aliphatic rings. The number of halogens is 2. The monoisotopic (exact) mass is 361 g/mol. The van der Waals surface area contributed by atoms with Crippen LogP contribution in [0.15, 0.2) is 47.8 Å². The van der Waals surface area contributed by atoms with Gasteiger partial charge in [-0.05, 0) is 25.1 Å². The number of aromatic nitrogens is 1. The Morgan fingerprint density at radius 3 is 2.79 bits per heavy atom. The number of ketones is 1. The molecule has 0 bridgehead atoms. The van der Waals surface area contributed by atoms with Crippen LogP contribution in [0.5, 0.6) is 5.75 Å². The van der Waals surface area contributed by atoms with Crippen molar-refractivity contribution in [3.8, 4) is 16.3 Å². The number of carbonyl (C=O) groups is 1. The van der Waals surface area contributed by atoms with Crippen molar-refractivity contribution in [1.29, 1.82) is 0 Å². The predicted molar refractivity (Wildman–Crippen MR) is 93.3 cm³/mol. The lowest BCUT2D eigenvalue weighted by Crippen LogP contribution is -2.00. The number of carbonyl (C=O) groups excluding carboxylic acids is 1. The van der Waals surface area contributed by atoms with Crippen molar-refractivity contribution in [3.05, 3.63) is 69.9 Å². The highest BCUT2D eigenvalue weighted by Gasteiger charge is 2.10. The van der Waals surface area contributed by atoms with E-state index < -0.39 is 5.82 Å². The third-order valence-electron chi connectivity index (χ3n) is 3.36. The fraction of sp³-hybridized carbons (Fsp3) is 0.111. The van der Waals surface area contributed by atoms with Gasteiger partial charge in [-0.1, -0.05) is 29.8 Å². The second kappa shape index (κ2) is 7.11. The fourth-order valence-corrected chi connectivity index (χ4v) is 3.28. The van der Waals surface area contributed by atoms with Crippen LogP contribution in [0.25, 0.3) is 10.6 Å². The molecule has 3 rings (SSSR count). The summed E-state index contributed by atoms with van der Waals surface area (Å²) in [7, 11) is 0. The highest BCUT2D eigenvalue weighted by Crippen LogP contribution is 2.30. The van der Waals surface area contributed by atoms with E-state index >= 15 is 0 Å². The zero-order valence-corrected chi connectivity index (χ0v) is 14.3. The van der Waals surface area contributed by atoms with Gasteiger partial charge in [0.05, 0.1) is 16.3 Å². The summed E-state index contributed by atoms with van der Waals surface area (Å²) in [4.78, 5) is 15.7. The SMILES string of the molecule is CC(=O)c1ccc(OCc2csc(-c3ccccc3Cl)n2)cc1F. The molecule has 1 heterocycles. The Morgan fingerprint density at radius 1 is 1.29 bits per heavy atom. The number of Topliss-reactive ketones (excluding diaryl/α,β-unsaturated/α-hetero) is 1. The van der Waals surface area contributed by atoms with E-state index in [1.165, 1.54) is 30.4 Å². The number of hydrogen-bond donors (Lipinski definition) is 0. The van der Waals surface area contributed by atoms with Crippen LogP contribution in [-0.2, 0) is 6.61 Å². The molecule has 0 unspecified atom stereocenters. The minimum Gasteiger partial charge on any atom is -0.487 e. The fourth-order valence-electron chi connectivity index (χ4n) is 2.16. The Labute approximate surface area is 147 Å². The van der Waals surface area contributed by atoms with E-state index in [2.05, 4.69) is 4.98 Å². The summed E-state index contributed by atoms with van der Waals surface area (Å²) in [5.41, 5.74) is 1.65. The van der Waals surface area contributed by atoms with Gasteiger partial charge in [-0.15, -0.1) is 11.3 Å². The van der Waals surface area contributed by atoms with E-state index in [-0.39, 0.29) is 18.0 Å². The molecule has 0 saturated heterocycles. The molecule has 0 amide bonds. The smallest absolute Gasteiger partial charge is 0.162 e. The molecule has 1 aromatic heterocycles. The van der Waals surface area contributed by atoms with Gasteiger partial charge in [0.15, 0.2) is 5.78 Å². The van der Waals surface area contributed by atoms with Crippen molar-refractivity contribution < 1.29 is 13.9 Å². The number of rotatable bonds is 5. The first kappa shape index (κ1) is 16.6. The number of hydrogen-bond acceptors (Lipinski definition) is 4. The lowest BCUT2D eigenvalue weighted by Gasteiger charge is -2.06. The van der Waals surface area contributed by atoms with Gasteiger partial charge in [-0.3, -0.25) is 4.79 Å². The van der Waals surface area contributed by atoms with E-state index in [1.807, 2.05) is 29.6 Å². The van der Waals surface area contributed by atoms with Crippen LogP contribution in [0, 0.1) is 5.82 Å². The highest BCUT2D eigenvalue weighted by molar-refractivity contribution is 7.13. The molecule has 0 spiro atoms. The molecule has 0 aliphatic heterocycles. The molecule has 0 aliphatic carbocycles. The molecule has 3 nitrogen and oxygen atoms in total. The normalized spacial score (nSPS) is 10.6. The van der Waals surface area contributed by atoms with E-state index in [0.717, 1.165) is 16.3 Å². The van der Waals surface area contributed by atoms with E-state index in [9.17, 15) is 9.18 Å². The average molecular weight is 362 g/mol. The minimum absolute atomic E-state index is 0.0528. The van der Waals surface area contributed by atoms with Crippen molar-refractivity contribution in [2.75, 3.05) is 0 Å². The summed E-state index contributed by atoms with van der Waals surface area (Å²) >= 11 is 7.63. The second-order valence-electron chi connectivity index (χ2n) is 5.11. The van der Waals surface area contributed by atoms with Crippen LogP contribution in [0.1, 0.15) is 23.0 Å². The molecule has 0 saturated carbocycles. The van der Waals surface area contributed by atoms with Crippen LogP contribution < -0.4 is 4.74 Å². The second-order valence-corrected chi connectivity index (χ2v) is 6.38. The molecular weight excluding hydrogens is 349 g/mol. The summed E-state index contributed by atoms with van der Waals surface area (Å²) < 4.78 is 19.3. The molecule has 0 fully saturated rings. The Morgan fingerprint density at radius 2 is 2.08 bits per heavy atom. The number of nitrogens with zero attached hydrogens (tertiary/aromatic N) is 1. The van der Waals surface area contributed by atoms with Crippen molar-refractivity contribution in [2.45, 2.75) is 13.5 Å². The third-order valence-corrected chi connectivity index (χ3v) is 4.62.